The number of aromatic nitrogens is 1. The van der Waals surface area contributed by atoms with E-state index in [1.807, 2.05) is 7.05 Å². The van der Waals surface area contributed by atoms with Crippen LogP contribution in [0.4, 0.5) is 5.82 Å². The van der Waals surface area contributed by atoms with Crippen LogP contribution in [0.25, 0.3) is 10.9 Å². The third-order valence-electron chi connectivity index (χ3n) is 2.77. The molecule has 1 N–H and O–H groups in total. The molecule has 0 saturated carbocycles. The SMILES string of the molecule is CNc1nc2c(Cl)ccc(Cl)c2cc1C(C)C. The second kappa shape index (κ2) is 4.71. The van der Waals surface area contributed by atoms with Crippen molar-refractivity contribution in [2.24, 2.45) is 0 Å². The lowest BCUT2D eigenvalue weighted by molar-refractivity contribution is 0.864. The second-order valence-electron chi connectivity index (χ2n) is 4.26. The number of benzene rings is 1. The summed E-state index contributed by atoms with van der Waals surface area (Å²) in [6.45, 7) is 4.25. The van der Waals surface area contributed by atoms with Crippen molar-refractivity contribution in [2.45, 2.75) is 19.8 Å². The summed E-state index contributed by atoms with van der Waals surface area (Å²) in [6.07, 6.45) is 0. The third kappa shape index (κ3) is 2.20. The molecule has 2 rings (SSSR count). The maximum Gasteiger partial charge on any atom is 0.129 e. The fraction of sp³-hybridized carbons (Fsp3) is 0.308. The first kappa shape index (κ1) is 12.5. The monoisotopic (exact) mass is 268 g/mol. The number of halogens is 2. The smallest absolute Gasteiger partial charge is 0.129 e. The number of nitrogens with zero attached hydrogens (tertiary/aromatic N) is 1. The molecular formula is C13H14Cl2N2. The molecular weight excluding hydrogens is 255 g/mol. The predicted octanol–water partition coefficient (Wildman–Crippen LogP) is 4.71. The number of pyridine rings is 1. The Morgan fingerprint density at radius 2 is 1.82 bits per heavy atom. The summed E-state index contributed by atoms with van der Waals surface area (Å²) in [5, 5.41) is 5.31. The first-order valence-electron chi connectivity index (χ1n) is 5.51. The highest BCUT2D eigenvalue weighted by Gasteiger charge is 2.12. The number of hydrogen-bond acceptors (Lipinski definition) is 2. The molecule has 90 valence electrons. The Labute approximate surface area is 111 Å². The number of rotatable bonds is 2. The molecule has 2 aromatic rings. The van der Waals surface area contributed by atoms with Gasteiger partial charge < -0.3 is 5.32 Å². The summed E-state index contributed by atoms with van der Waals surface area (Å²) in [4.78, 5) is 4.55. The fourth-order valence-corrected chi connectivity index (χ4v) is 2.26. The number of nitrogens with one attached hydrogen (secondary N) is 1. The molecule has 0 aliphatic rings. The average molecular weight is 269 g/mol. The van der Waals surface area contributed by atoms with Crippen molar-refractivity contribution in [2.75, 3.05) is 12.4 Å². The lowest BCUT2D eigenvalue weighted by Gasteiger charge is -2.14. The van der Waals surface area contributed by atoms with Crippen molar-refractivity contribution in [1.82, 2.24) is 4.98 Å². The second-order valence-corrected chi connectivity index (χ2v) is 5.07. The standard InChI is InChI=1S/C13H14Cl2N2/c1-7(2)8-6-9-10(14)4-5-11(15)12(9)17-13(8)16-3/h4-7H,1-3H3,(H,16,17). The zero-order valence-electron chi connectivity index (χ0n) is 10.0. The molecule has 0 aliphatic carbocycles. The Bertz CT molecular complexity index is 565. The molecule has 2 nitrogen and oxygen atoms in total. The van der Waals surface area contributed by atoms with Crippen LogP contribution in [-0.2, 0) is 0 Å². The van der Waals surface area contributed by atoms with Crippen molar-refractivity contribution in [3.63, 3.8) is 0 Å². The van der Waals surface area contributed by atoms with Gasteiger partial charge in [-0.2, -0.15) is 0 Å². The molecule has 1 heterocycles. The van der Waals surface area contributed by atoms with Crippen molar-refractivity contribution < 1.29 is 0 Å². The van der Waals surface area contributed by atoms with Crippen LogP contribution in [0.2, 0.25) is 10.0 Å². The zero-order chi connectivity index (χ0) is 12.6. The van der Waals surface area contributed by atoms with Gasteiger partial charge in [-0.25, -0.2) is 4.98 Å². The Hall–Kier alpha value is -0.990. The minimum Gasteiger partial charge on any atom is -0.373 e. The molecule has 0 aliphatic heterocycles. The van der Waals surface area contributed by atoms with Crippen molar-refractivity contribution in [3.05, 3.63) is 33.8 Å². The van der Waals surface area contributed by atoms with Crippen LogP contribution in [0.1, 0.15) is 25.3 Å². The summed E-state index contributed by atoms with van der Waals surface area (Å²) in [6, 6.07) is 5.64. The van der Waals surface area contributed by atoms with Gasteiger partial charge in [0.2, 0.25) is 0 Å². The zero-order valence-corrected chi connectivity index (χ0v) is 11.5. The van der Waals surface area contributed by atoms with E-state index < -0.39 is 0 Å². The Morgan fingerprint density at radius 3 is 2.41 bits per heavy atom. The molecule has 17 heavy (non-hydrogen) atoms. The molecule has 0 radical (unpaired) electrons. The minimum atomic E-state index is 0.379. The van der Waals surface area contributed by atoms with E-state index in [4.69, 9.17) is 23.2 Å². The number of anilines is 1. The van der Waals surface area contributed by atoms with Gasteiger partial charge in [-0.3, -0.25) is 0 Å². The largest absolute Gasteiger partial charge is 0.373 e. The summed E-state index contributed by atoms with van der Waals surface area (Å²) in [5.74, 6) is 1.24. The van der Waals surface area contributed by atoms with Gasteiger partial charge in [-0.05, 0) is 29.7 Å². The van der Waals surface area contributed by atoms with Crippen LogP contribution in [0.15, 0.2) is 18.2 Å². The maximum atomic E-state index is 6.18. The summed E-state index contributed by atoms with van der Waals surface area (Å²) < 4.78 is 0. The van der Waals surface area contributed by atoms with E-state index in [1.54, 1.807) is 12.1 Å². The highest BCUT2D eigenvalue weighted by Crippen LogP contribution is 2.33. The van der Waals surface area contributed by atoms with Crippen molar-refractivity contribution in [3.8, 4) is 0 Å². The Balaban J connectivity index is 2.83. The maximum absolute atomic E-state index is 6.18. The highest BCUT2D eigenvalue weighted by molar-refractivity contribution is 6.39. The first-order valence-corrected chi connectivity index (χ1v) is 6.26. The van der Waals surface area contributed by atoms with Gasteiger partial charge in [0.15, 0.2) is 0 Å². The molecule has 1 aromatic heterocycles. The summed E-state index contributed by atoms with van der Waals surface area (Å²) in [5.41, 5.74) is 1.89. The lowest BCUT2D eigenvalue weighted by Crippen LogP contribution is -2.01. The topological polar surface area (TPSA) is 24.9 Å². The average Bonchev–Trinajstić information content (AvgIpc) is 2.32. The van der Waals surface area contributed by atoms with Gasteiger partial charge in [0.25, 0.3) is 0 Å². The number of fused-ring (bicyclic) bond motifs is 1. The van der Waals surface area contributed by atoms with Crippen LogP contribution in [0, 0.1) is 0 Å². The summed E-state index contributed by atoms with van der Waals surface area (Å²) in [7, 11) is 1.86. The quantitative estimate of drug-likeness (QED) is 0.854. The molecule has 0 bridgehead atoms. The van der Waals surface area contributed by atoms with Gasteiger partial charge in [0.1, 0.15) is 5.82 Å². The normalized spacial score (nSPS) is 11.2. The van der Waals surface area contributed by atoms with Gasteiger partial charge in [0.05, 0.1) is 15.6 Å². The van der Waals surface area contributed by atoms with E-state index in [-0.39, 0.29) is 0 Å². The van der Waals surface area contributed by atoms with Crippen LogP contribution in [0.3, 0.4) is 0 Å². The van der Waals surface area contributed by atoms with E-state index in [0.29, 0.717) is 16.0 Å². The molecule has 0 fully saturated rings. The minimum absolute atomic E-state index is 0.379. The molecule has 0 atom stereocenters. The van der Waals surface area contributed by atoms with Crippen LogP contribution in [-0.4, -0.2) is 12.0 Å². The Morgan fingerprint density at radius 1 is 1.18 bits per heavy atom. The van der Waals surface area contributed by atoms with Gasteiger partial charge in [0, 0.05) is 12.4 Å². The van der Waals surface area contributed by atoms with E-state index in [1.165, 1.54) is 0 Å². The van der Waals surface area contributed by atoms with Gasteiger partial charge >= 0.3 is 0 Å². The van der Waals surface area contributed by atoms with E-state index in [2.05, 4.69) is 30.2 Å². The van der Waals surface area contributed by atoms with Gasteiger partial charge in [-0.15, -0.1) is 0 Å². The van der Waals surface area contributed by atoms with E-state index >= 15 is 0 Å². The van der Waals surface area contributed by atoms with Crippen LogP contribution >= 0.6 is 23.2 Å². The van der Waals surface area contributed by atoms with Crippen LogP contribution in [0.5, 0.6) is 0 Å². The highest BCUT2D eigenvalue weighted by atomic mass is 35.5. The number of hydrogen-bond donors (Lipinski definition) is 1. The molecule has 1 aromatic carbocycles. The van der Waals surface area contributed by atoms with Crippen LogP contribution < -0.4 is 5.32 Å². The van der Waals surface area contributed by atoms with E-state index in [0.717, 1.165) is 22.3 Å². The first-order chi connectivity index (χ1) is 8.04. The Kier molecular flexibility index (Phi) is 3.45. The van der Waals surface area contributed by atoms with Crippen molar-refractivity contribution in [1.29, 1.82) is 0 Å². The lowest BCUT2D eigenvalue weighted by atomic mass is 10.0. The predicted molar refractivity (Wildman–Crippen MR) is 75.4 cm³/mol. The third-order valence-corrected chi connectivity index (χ3v) is 3.40. The molecule has 0 spiro atoms. The molecule has 0 saturated heterocycles. The molecule has 0 amide bonds. The molecule has 4 heteroatoms. The van der Waals surface area contributed by atoms with E-state index in [9.17, 15) is 0 Å². The van der Waals surface area contributed by atoms with Crippen molar-refractivity contribution >= 4 is 39.9 Å². The fourth-order valence-electron chi connectivity index (χ4n) is 1.85. The van der Waals surface area contributed by atoms with Gasteiger partial charge in [-0.1, -0.05) is 37.0 Å². The summed E-state index contributed by atoms with van der Waals surface area (Å²) >= 11 is 12.3. The molecule has 0 unspecified atom stereocenters.